The van der Waals surface area contributed by atoms with Crippen LogP contribution in [0.3, 0.4) is 0 Å². The Kier molecular flexibility index (Phi) is 27.1. The predicted octanol–water partition coefficient (Wildman–Crippen LogP) is 12.4. The zero-order chi connectivity index (χ0) is 52.7. The molecule has 2 N–H and O–H groups in total. The van der Waals surface area contributed by atoms with Gasteiger partial charge in [-0.25, -0.2) is 18.4 Å². The standard InChI is InChI=1S/C24H19FINO4.C16H16FNO3.C9H8BrIO2.C6H15N.CH4/c1-30-24(29)22(27-13-16-8-5-9-19(26)21(16)23(27)28)18-12-17(25)10-11-20(18)31-14-15-6-3-2-4-7-15;1-20-16(19)15(18)13-9-12(17)7-8-14(13)21-10-11-5-3-2-4-6-11;1-13-9(12)8-6(5-10)3-2-4-7(8)11;1-4-7(5-2)6-3;/h2-12,22H,13-14H2,1H3;2-9,15H,10,18H2,1H3;2-4H,5H2,1H3;4-6H2,1-3H3;1H4. The molecule has 0 aliphatic carbocycles. The molecule has 0 aromatic heterocycles. The highest BCUT2D eigenvalue weighted by Crippen LogP contribution is 2.38. The lowest BCUT2D eigenvalue weighted by Crippen LogP contribution is -2.35. The summed E-state index contributed by atoms with van der Waals surface area (Å²) >= 11 is 7.55. The highest BCUT2D eigenvalue weighted by atomic mass is 127. The van der Waals surface area contributed by atoms with Crippen molar-refractivity contribution in [3.63, 3.8) is 0 Å². The van der Waals surface area contributed by atoms with Gasteiger partial charge in [-0.2, -0.15) is 0 Å². The number of ether oxygens (including phenoxy) is 5. The summed E-state index contributed by atoms with van der Waals surface area (Å²) in [7, 11) is 3.87. The number of amides is 1. The molecule has 2 atom stereocenters. The van der Waals surface area contributed by atoms with E-state index >= 15 is 0 Å². The topological polar surface area (TPSA) is 147 Å². The van der Waals surface area contributed by atoms with Crippen molar-refractivity contribution in [2.45, 2.75) is 65.4 Å². The zero-order valence-electron chi connectivity index (χ0n) is 40.8. The van der Waals surface area contributed by atoms with E-state index in [2.05, 4.69) is 91.5 Å². The van der Waals surface area contributed by atoms with Crippen LogP contribution in [-0.2, 0) is 48.9 Å². The van der Waals surface area contributed by atoms with Crippen molar-refractivity contribution < 1.29 is 51.6 Å². The normalized spacial score (nSPS) is 11.9. The Bertz CT molecular complexity index is 2710. The number of rotatable bonds is 16. The summed E-state index contributed by atoms with van der Waals surface area (Å²) in [5.41, 5.74) is 11.1. The van der Waals surface area contributed by atoms with Crippen molar-refractivity contribution in [1.29, 1.82) is 0 Å². The Morgan fingerprint density at radius 1 is 0.671 bits per heavy atom. The Labute approximate surface area is 463 Å². The number of fused-ring (bicyclic) bond motifs is 1. The average Bonchev–Trinajstić information content (AvgIpc) is 3.74. The number of alkyl halides is 1. The second-order valence-electron chi connectivity index (χ2n) is 15.6. The summed E-state index contributed by atoms with van der Waals surface area (Å²) in [5.74, 6) is -2.23. The molecule has 0 saturated carbocycles. The molecular weight excluding hydrogens is 1230 g/mol. The quantitative estimate of drug-likeness (QED) is 0.0427. The number of nitrogens with two attached hydrogens (primary N) is 1. The minimum atomic E-state index is -1.14. The molecule has 1 aliphatic rings. The van der Waals surface area contributed by atoms with Crippen LogP contribution in [-0.4, -0.2) is 74.6 Å². The number of benzene rings is 6. The lowest BCUT2D eigenvalue weighted by atomic mass is 10.0. The van der Waals surface area contributed by atoms with E-state index in [1.54, 1.807) is 0 Å². The number of nitrogens with zero attached hydrogens (tertiary/aromatic N) is 2. The second-order valence-corrected chi connectivity index (χ2v) is 18.5. The molecule has 2 unspecified atom stereocenters. The van der Waals surface area contributed by atoms with E-state index in [1.165, 1.54) is 82.3 Å². The summed E-state index contributed by atoms with van der Waals surface area (Å²) in [5, 5.41) is 0.661. The molecule has 17 heteroatoms. The van der Waals surface area contributed by atoms with Gasteiger partial charge in [0.1, 0.15) is 42.4 Å². The highest BCUT2D eigenvalue weighted by molar-refractivity contribution is 14.1. The Morgan fingerprint density at radius 2 is 1.16 bits per heavy atom. The lowest BCUT2D eigenvalue weighted by molar-refractivity contribution is -0.146. The van der Waals surface area contributed by atoms with Crippen LogP contribution in [0.2, 0.25) is 0 Å². The molecule has 1 heterocycles. The van der Waals surface area contributed by atoms with Gasteiger partial charge in [-0.3, -0.25) is 9.59 Å². The van der Waals surface area contributed by atoms with E-state index in [9.17, 15) is 28.0 Å². The van der Waals surface area contributed by atoms with Gasteiger partial charge >= 0.3 is 17.9 Å². The van der Waals surface area contributed by atoms with Crippen LogP contribution in [0.5, 0.6) is 11.5 Å². The zero-order valence-corrected chi connectivity index (χ0v) is 46.7. The third-order valence-corrected chi connectivity index (χ3v) is 13.5. The molecular formula is C56H62BrF2I2N3O9. The van der Waals surface area contributed by atoms with Crippen LogP contribution >= 0.6 is 61.1 Å². The highest BCUT2D eigenvalue weighted by Gasteiger charge is 2.40. The number of halogens is 5. The van der Waals surface area contributed by atoms with Gasteiger partial charge in [0.15, 0.2) is 6.04 Å². The van der Waals surface area contributed by atoms with E-state index < -0.39 is 35.7 Å². The summed E-state index contributed by atoms with van der Waals surface area (Å²) in [4.78, 5) is 52.7. The van der Waals surface area contributed by atoms with Gasteiger partial charge < -0.3 is 39.2 Å². The van der Waals surface area contributed by atoms with Crippen LogP contribution in [0.25, 0.3) is 0 Å². The van der Waals surface area contributed by atoms with Gasteiger partial charge in [-0.15, -0.1) is 0 Å². The molecule has 0 radical (unpaired) electrons. The van der Waals surface area contributed by atoms with Gasteiger partial charge in [-0.05, 0) is 136 Å². The van der Waals surface area contributed by atoms with Crippen molar-refractivity contribution in [3.05, 3.63) is 197 Å². The van der Waals surface area contributed by atoms with Crippen LogP contribution in [0.15, 0.2) is 133 Å². The van der Waals surface area contributed by atoms with Crippen molar-refractivity contribution in [1.82, 2.24) is 9.80 Å². The van der Waals surface area contributed by atoms with E-state index in [0.717, 1.165) is 29.4 Å². The molecule has 0 spiro atoms. The second kappa shape index (κ2) is 32.0. The maximum absolute atomic E-state index is 14.2. The number of esters is 3. The minimum Gasteiger partial charge on any atom is -0.489 e. The van der Waals surface area contributed by atoms with Crippen molar-refractivity contribution in [2.75, 3.05) is 41.0 Å². The largest absolute Gasteiger partial charge is 0.489 e. The van der Waals surface area contributed by atoms with Crippen LogP contribution in [0.1, 0.15) is 94.4 Å². The first-order chi connectivity index (χ1) is 34.7. The Hall–Kier alpha value is -5.48. The third kappa shape index (κ3) is 17.9. The van der Waals surface area contributed by atoms with Gasteiger partial charge in [0.25, 0.3) is 5.91 Å². The number of methoxy groups -OCH3 is 3. The summed E-state index contributed by atoms with van der Waals surface area (Å²) in [6.07, 6.45) is 0. The number of carbonyl (C=O) groups excluding carboxylic acids is 4. The fraction of sp³-hybridized carbons (Fsp3) is 0.286. The number of hydrogen-bond donors (Lipinski definition) is 1. The van der Waals surface area contributed by atoms with Crippen molar-refractivity contribution >= 4 is 84.9 Å². The first kappa shape index (κ1) is 61.8. The molecule has 12 nitrogen and oxygen atoms in total. The Balaban J connectivity index is 0.000000289. The van der Waals surface area contributed by atoms with Crippen molar-refractivity contribution in [3.8, 4) is 11.5 Å². The fourth-order valence-electron chi connectivity index (χ4n) is 7.25. The fourth-order valence-corrected chi connectivity index (χ4v) is 9.27. The summed E-state index contributed by atoms with van der Waals surface area (Å²) in [6, 6.07) is 35.9. The van der Waals surface area contributed by atoms with Crippen LogP contribution < -0.4 is 15.2 Å². The van der Waals surface area contributed by atoms with Gasteiger partial charge in [0.2, 0.25) is 0 Å². The molecule has 0 fully saturated rings. The molecule has 1 aliphatic heterocycles. The molecule has 0 saturated heterocycles. The molecule has 7 rings (SSSR count). The maximum atomic E-state index is 14.2. The monoisotopic (exact) mass is 1290 g/mol. The average molecular weight is 1290 g/mol. The van der Waals surface area contributed by atoms with Gasteiger partial charge in [0.05, 0.1) is 32.5 Å². The van der Waals surface area contributed by atoms with Crippen LogP contribution in [0, 0.1) is 18.8 Å². The predicted molar refractivity (Wildman–Crippen MR) is 300 cm³/mol. The molecule has 6 aromatic carbocycles. The Morgan fingerprint density at radius 3 is 1.63 bits per heavy atom. The molecule has 6 aromatic rings. The molecule has 1 amide bonds. The lowest BCUT2D eigenvalue weighted by Gasteiger charge is -2.27. The van der Waals surface area contributed by atoms with Gasteiger partial charge in [0, 0.05) is 30.1 Å². The minimum absolute atomic E-state index is 0. The van der Waals surface area contributed by atoms with E-state index in [4.69, 9.17) is 24.7 Å². The molecule has 73 heavy (non-hydrogen) atoms. The molecule has 390 valence electrons. The van der Waals surface area contributed by atoms with E-state index in [0.29, 0.717) is 34.6 Å². The van der Waals surface area contributed by atoms with E-state index in [-0.39, 0.29) is 43.6 Å². The number of carbonyl (C=O) groups is 4. The third-order valence-electron chi connectivity index (χ3n) is 11.1. The van der Waals surface area contributed by atoms with Crippen LogP contribution in [0.4, 0.5) is 8.78 Å². The smallest absolute Gasteiger partial charge is 0.339 e. The number of hydrogen-bond acceptors (Lipinski definition) is 11. The first-order valence-corrected chi connectivity index (χ1v) is 26.0. The van der Waals surface area contributed by atoms with Gasteiger partial charge in [-0.1, -0.05) is 129 Å². The first-order valence-electron chi connectivity index (χ1n) is 22.7. The maximum Gasteiger partial charge on any atom is 0.339 e. The SMILES string of the molecule is C.CCN(CC)CC.COC(=O)C(N)c1cc(F)ccc1OCc1ccccc1.COC(=O)C(c1cc(F)ccc1OCc1ccccc1)N1Cc2cccc(I)c2C1=O.COC(=O)c1c(I)cccc1CBr. The molecule has 0 bridgehead atoms. The van der Waals surface area contributed by atoms with Crippen molar-refractivity contribution in [2.24, 2.45) is 5.73 Å². The summed E-state index contributed by atoms with van der Waals surface area (Å²) in [6.45, 7) is 10.9. The summed E-state index contributed by atoms with van der Waals surface area (Å²) < 4.78 is 55.2. The van der Waals surface area contributed by atoms with E-state index in [1.807, 2.05) is 97.1 Å².